The van der Waals surface area contributed by atoms with Crippen molar-refractivity contribution < 1.29 is 17.6 Å². The lowest BCUT2D eigenvalue weighted by molar-refractivity contribution is -0.127. The van der Waals surface area contributed by atoms with E-state index in [1.54, 1.807) is 30.3 Å². The molecule has 1 saturated carbocycles. The molecule has 11 heteroatoms. The molecule has 0 saturated heterocycles. The number of hydrogen-bond donors (Lipinski definition) is 2. The summed E-state index contributed by atoms with van der Waals surface area (Å²) in [5, 5.41) is 0.104. The summed E-state index contributed by atoms with van der Waals surface area (Å²) in [6.45, 7) is 17.4. The smallest absolute Gasteiger partial charge is 0.269 e. The molecule has 2 unspecified atom stereocenters. The van der Waals surface area contributed by atoms with E-state index in [1.807, 2.05) is 6.92 Å². The Kier molecular flexibility index (Phi) is 7.74. The number of carbonyl (C=O) groups excluding carboxylic acids is 1. The first-order chi connectivity index (χ1) is 18.1. The number of carbonyl (C=O) groups is 1. The van der Waals surface area contributed by atoms with Crippen molar-refractivity contribution in [3.8, 4) is 0 Å². The number of nitrogens with one attached hydrogen (secondary N) is 2. The van der Waals surface area contributed by atoms with Crippen molar-refractivity contribution in [2.75, 3.05) is 5.43 Å². The SMILES string of the molecule is CC[C@]1(C)CC(O[Si](C)(C)C(C)(C)C)CC1C(=O)NNc1cnc2c(ccn2S(=O)(=O)c2ccc(C)cc2)n1. The van der Waals surface area contributed by atoms with Gasteiger partial charge < -0.3 is 4.43 Å². The summed E-state index contributed by atoms with van der Waals surface area (Å²) in [6.07, 6.45) is 5.31. The molecule has 39 heavy (non-hydrogen) atoms. The minimum atomic E-state index is -3.82. The first-order valence-corrected chi connectivity index (χ1v) is 17.8. The number of nitrogens with zero attached hydrogens (tertiary/aromatic N) is 3. The van der Waals surface area contributed by atoms with Gasteiger partial charge in [0.15, 0.2) is 19.8 Å². The van der Waals surface area contributed by atoms with Gasteiger partial charge in [0.05, 0.1) is 11.1 Å². The lowest BCUT2D eigenvalue weighted by Crippen LogP contribution is -2.43. The molecule has 1 aliphatic carbocycles. The molecule has 1 fully saturated rings. The lowest BCUT2D eigenvalue weighted by Gasteiger charge is -2.38. The van der Waals surface area contributed by atoms with Gasteiger partial charge in [-0.25, -0.2) is 22.4 Å². The van der Waals surface area contributed by atoms with Crippen LogP contribution in [0.1, 0.15) is 59.4 Å². The van der Waals surface area contributed by atoms with Crippen LogP contribution >= 0.6 is 0 Å². The third kappa shape index (κ3) is 5.76. The van der Waals surface area contributed by atoms with Gasteiger partial charge in [-0.2, -0.15) is 0 Å². The molecule has 3 aromatic rings. The topological polar surface area (TPSA) is 115 Å². The van der Waals surface area contributed by atoms with Crippen molar-refractivity contribution in [3.63, 3.8) is 0 Å². The van der Waals surface area contributed by atoms with Crippen molar-refractivity contribution in [1.82, 2.24) is 19.4 Å². The van der Waals surface area contributed by atoms with Crippen molar-refractivity contribution in [2.24, 2.45) is 11.3 Å². The van der Waals surface area contributed by atoms with Crippen LogP contribution in [0.4, 0.5) is 5.82 Å². The Morgan fingerprint density at radius 2 is 1.87 bits per heavy atom. The molecule has 3 atom stereocenters. The summed E-state index contributed by atoms with van der Waals surface area (Å²) in [4.78, 5) is 22.3. The van der Waals surface area contributed by atoms with E-state index < -0.39 is 18.3 Å². The van der Waals surface area contributed by atoms with Crippen LogP contribution in [0.3, 0.4) is 0 Å². The molecule has 212 valence electrons. The van der Waals surface area contributed by atoms with Gasteiger partial charge in [0.1, 0.15) is 5.52 Å². The number of rotatable bonds is 8. The fraction of sp³-hybridized carbons (Fsp3) is 0.536. The lowest BCUT2D eigenvalue weighted by atomic mass is 9.77. The molecule has 0 spiro atoms. The quantitative estimate of drug-likeness (QED) is 0.266. The molecule has 0 radical (unpaired) electrons. The van der Waals surface area contributed by atoms with Crippen molar-refractivity contribution in [2.45, 2.75) is 89.9 Å². The Balaban J connectivity index is 1.46. The highest BCUT2D eigenvalue weighted by molar-refractivity contribution is 7.90. The second-order valence-electron chi connectivity index (χ2n) is 12.5. The third-order valence-corrected chi connectivity index (χ3v) is 14.9. The fourth-order valence-corrected chi connectivity index (χ4v) is 7.63. The van der Waals surface area contributed by atoms with Gasteiger partial charge in [0.2, 0.25) is 5.91 Å². The highest BCUT2D eigenvalue weighted by Gasteiger charge is 2.49. The van der Waals surface area contributed by atoms with E-state index >= 15 is 0 Å². The zero-order valence-electron chi connectivity index (χ0n) is 24.2. The first-order valence-electron chi connectivity index (χ1n) is 13.5. The standard InChI is InChI=1S/C28H41N5O4SSi/c1-9-28(6)17-20(37-39(7,8)27(3,4)5)16-22(28)26(34)32-31-24-18-29-25-23(30-24)14-15-33(25)38(35,36)21-12-10-19(2)11-13-21/h10-15,18,20,22H,9,16-17H2,1-8H3,(H,30,31)(H,32,34)/t20?,22?,28-/m1/s1. The maximum absolute atomic E-state index is 13.3. The first kappa shape index (κ1) is 29.2. The third-order valence-electron chi connectivity index (χ3n) is 8.67. The van der Waals surface area contributed by atoms with E-state index in [1.165, 1.54) is 12.4 Å². The molecule has 4 rings (SSSR count). The molecule has 0 aliphatic heterocycles. The molecule has 1 amide bonds. The fourth-order valence-electron chi connectivity index (χ4n) is 4.97. The molecule has 2 heterocycles. The van der Waals surface area contributed by atoms with Gasteiger partial charge in [0.25, 0.3) is 10.0 Å². The Morgan fingerprint density at radius 1 is 1.21 bits per heavy atom. The molecule has 1 aromatic carbocycles. The van der Waals surface area contributed by atoms with E-state index in [0.717, 1.165) is 22.4 Å². The predicted molar refractivity (Wildman–Crippen MR) is 156 cm³/mol. The molecule has 2 aromatic heterocycles. The van der Waals surface area contributed by atoms with Crippen LogP contribution < -0.4 is 10.9 Å². The Labute approximate surface area is 232 Å². The molecular formula is C28H41N5O4SSi. The largest absolute Gasteiger partial charge is 0.414 e. The van der Waals surface area contributed by atoms with Gasteiger partial charge in [-0.15, -0.1) is 0 Å². The molecule has 2 N–H and O–H groups in total. The van der Waals surface area contributed by atoms with E-state index in [2.05, 4.69) is 68.5 Å². The van der Waals surface area contributed by atoms with Crippen molar-refractivity contribution in [3.05, 3.63) is 48.3 Å². The van der Waals surface area contributed by atoms with Gasteiger partial charge in [-0.05, 0) is 67.9 Å². The average Bonchev–Trinajstić information content (AvgIpc) is 3.43. The molecule has 0 bridgehead atoms. The van der Waals surface area contributed by atoms with Crippen LogP contribution in [0.2, 0.25) is 18.1 Å². The molecule has 1 aliphatic rings. The van der Waals surface area contributed by atoms with Crippen LogP contribution in [0.5, 0.6) is 0 Å². The Bertz CT molecular complexity index is 1460. The van der Waals surface area contributed by atoms with E-state index in [0.29, 0.717) is 17.8 Å². The van der Waals surface area contributed by atoms with Crippen LogP contribution in [-0.2, 0) is 19.2 Å². The van der Waals surface area contributed by atoms with Crippen LogP contribution in [0, 0.1) is 18.3 Å². The highest BCUT2D eigenvalue weighted by Crippen LogP contribution is 2.49. The number of benzene rings is 1. The number of hydrogen-bond acceptors (Lipinski definition) is 7. The monoisotopic (exact) mass is 571 g/mol. The van der Waals surface area contributed by atoms with Gasteiger partial charge in [0, 0.05) is 18.2 Å². The second-order valence-corrected chi connectivity index (χ2v) is 19.1. The van der Waals surface area contributed by atoms with Gasteiger partial charge in [-0.1, -0.05) is 52.3 Å². The zero-order chi connectivity index (χ0) is 28.8. The summed E-state index contributed by atoms with van der Waals surface area (Å²) in [6, 6.07) is 8.25. The van der Waals surface area contributed by atoms with E-state index in [4.69, 9.17) is 4.43 Å². The van der Waals surface area contributed by atoms with Gasteiger partial charge in [-0.3, -0.25) is 15.6 Å². The number of fused-ring (bicyclic) bond motifs is 1. The minimum absolute atomic E-state index is 0.0537. The maximum atomic E-state index is 13.3. The van der Waals surface area contributed by atoms with Crippen molar-refractivity contribution in [1.29, 1.82) is 0 Å². The summed E-state index contributed by atoms with van der Waals surface area (Å²) in [5.74, 6) is 0.0101. The van der Waals surface area contributed by atoms with Crippen LogP contribution in [0.25, 0.3) is 11.2 Å². The maximum Gasteiger partial charge on any atom is 0.269 e. The highest BCUT2D eigenvalue weighted by atomic mass is 32.2. The summed E-state index contributed by atoms with van der Waals surface area (Å²) in [7, 11) is -5.77. The zero-order valence-corrected chi connectivity index (χ0v) is 26.0. The summed E-state index contributed by atoms with van der Waals surface area (Å²) in [5.41, 5.74) is 7.11. The summed E-state index contributed by atoms with van der Waals surface area (Å²) < 4.78 is 34.1. The Morgan fingerprint density at radius 3 is 2.49 bits per heavy atom. The van der Waals surface area contributed by atoms with Crippen LogP contribution in [-0.4, -0.2) is 42.7 Å². The number of aromatic nitrogens is 3. The number of aryl methyl sites for hydroxylation is 1. The van der Waals surface area contributed by atoms with Crippen molar-refractivity contribution >= 4 is 41.2 Å². The number of amides is 1. The second kappa shape index (κ2) is 10.3. The molecule has 9 nitrogen and oxygen atoms in total. The van der Waals surface area contributed by atoms with Gasteiger partial charge >= 0.3 is 0 Å². The molecular weight excluding hydrogens is 530 g/mol. The predicted octanol–water partition coefficient (Wildman–Crippen LogP) is 5.64. The number of hydrazine groups is 1. The number of anilines is 1. The van der Waals surface area contributed by atoms with E-state index in [9.17, 15) is 13.2 Å². The summed E-state index contributed by atoms with van der Waals surface area (Å²) >= 11 is 0. The Hall–Kier alpha value is -2.76. The average molecular weight is 572 g/mol. The van der Waals surface area contributed by atoms with E-state index in [-0.39, 0.29) is 38.9 Å². The normalized spacial score (nSPS) is 22.3. The minimum Gasteiger partial charge on any atom is -0.414 e. The van der Waals surface area contributed by atoms with Crippen LogP contribution in [0.15, 0.2) is 47.6 Å².